The average molecular weight is 194 g/mol. The number of hydrogen-bond donors (Lipinski definition) is 1. The van der Waals surface area contributed by atoms with Gasteiger partial charge in [-0.05, 0) is 37.5 Å². The lowest BCUT2D eigenvalue weighted by Crippen LogP contribution is -2.53. The van der Waals surface area contributed by atoms with Crippen LogP contribution < -0.4 is 0 Å². The largest absolute Gasteiger partial charge is 0.481 e. The number of Topliss-reactive ketones (excluding diaryl/α,β-unsaturated/α-hetero) is 1. The third-order valence-corrected chi connectivity index (χ3v) is 4.42. The minimum Gasteiger partial charge on any atom is -0.481 e. The summed E-state index contributed by atoms with van der Waals surface area (Å²) in [7, 11) is 0. The first-order chi connectivity index (χ1) is 6.66. The van der Waals surface area contributed by atoms with E-state index in [1.54, 1.807) is 0 Å². The second-order valence-corrected chi connectivity index (χ2v) is 5.14. The number of ketones is 1. The molecule has 0 heterocycles. The summed E-state index contributed by atoms with van der Waals surface area (Å²) in [6, 6.07) is 0. The van der Waals surface area contributed by atoms with Crippen LogP contribution in [0.15, 0.2) is 0 Å². The maximum atomic E-state index is 11.8. The molecule has 0 spiro atoms. The van der Waals surface area contributed by atoms with Crippen LogP contribution in [0, 0.1) is 29.6 Å². The molecule has 4 bridgehead atoms. The zero-order chi connectivity index (χ0) is 9.87. The number of rotatable bonds is 1. The van der Waals surface area contributed by atoms with Crippen LogP contribution in [0.4, 0.5) is 0 Å². The molecule has 0 aliphatic heterocycles. The minimum atomic E-state index is -0.743. The molecule has 0 unspecified atom stereocenters. The van der Waals surface area contributed by atoms with Crippen molar-refractivity contribution in [2.24, 2.45) is 29.6 Å². The molecule has 76 valence electrons. The van der Waals surface area contributed by atoms with E-state index in [9.17, 15) is 9.59 Å². The van der Waals surface area contributed by atoms with Crippen LogP contribution in [0.25, 0.3) is 0 Å². The van der Waals surface area contributed by atoms with E-state index in [4.69, 9.17) is 5.11 Å². The molecule has 5 atom stereocenters. The first-order valence-corrected chi connectivity index (χ1v) is 5.43. The van der Waals surface area contributed by atoms with E-state index in [1.165, 1.54) is 0 Å². The Morgan fingerprint density at radius 2 is 2.00 bits per heavy atom. The van der Waals surface area contributed by atoms with Gasteiger partial charge in [0.05, 0.1) is 5.92 Å². The molecule has 4 saturated carbocycles. The smallest absolute Gasteiger partial charge is 0.307 e. The number of carboxylic acid groups (broad SMARTS) is 1. The maximum absolute atomic E-state index is 11.8. The summed E-state index contributed by atoms with van der Waals surface area (Å²) in [6.45, 7) is 0. The fraction of sp³-hybridized carbons (Fsp3) is 0.818. The second-order valence-electron chi connectivity index (χ2n) is 5.14. The van der Waals surface area contributed by atoms with Crippen molar-refractivity contribution in [3.63, 3.8) is 0 Å². The van der Waals surface area contributed by atoms with E-state index in [2.05, 4.69) is 0 Å². The van der Waals surface area contributed by atoms with Gasteiger partial charge in [0, 0.05) is 11.8 Å². The summed E-state index contributed by atoms with van der Waals surface area (Å²) >= 11 is 0. The SMILES string of the molecule is O=C(O)[C@H]1[C@@H]2C[C@@H]3C[C@H](C2)C(=O)[C@@H]1C3. The van der Waals surface area contributed by atoms with Crippen molar-refractivity contribution < 1.29 is 14.7 Å². The molecule has 3 nitrogen and oxygen atoms in total. The molecular weight excluding hydrogens is 180 g/mol. The Hall–Kier alpha value is -0.860. The summed E-state index contributed by atoms with van der Waals surface area (Å²) in [6.07, 6.45) is 3.79. The zero-order valence-corrected chi connectivity index (χ0v) is 7.98. The van der Waals surface area contributed by atoms with Gasteiger partial charge in [0.2, 0.25) is 0 Å². The van der Waals surface area contributed by atoms with Crippen molar-refractivity contribution in [2.45, 2.75) is 25.7 Å². The number of hydrogen-bond acceptors (Lipinski definition) is 2. The molecule has 3 heteroatoms. The van der Waals surface area contributed by atoms with Crippen LogP contribution in [0.5, 0.6) is 0 Å². The fourth-order valence-electron chi connectivity index (χ4n) is 4.01. The van der Waals surface area contributed by atoms with Gasteiger partial charge in [-0.1, -0.05) is 0 Å². The fourth-order valence-corrected chi connectivity index (χ4v) is 4.01. The Morgan fingerprint density at radius 1 is 1.21 bits per heavy atom. The molecule has 1 N–H and O–H groups in total. The highest BCUT2D eigenvalue weighted by molar-refractivity contribution is 5.90. The summed E-state index contributed by atoms with van der Waals surface area (Å²) in [4.78, 5) is 22.9. The highest BCUT2D eigenvalue weighted by Gasteiger charge is 2.55. The van der Waals surface area contributed by atoms with Crippen molar-refractivity contribution in [3.8, 4) is 0 Å². The summed E-state index contributed by atoms with van der Waals surface area (Å²) in [5.74, 6) is 0.189. The maximum Gasteiger partial charge on any atom is 0.307 e. The van der Waals surface area contributed by atoms with Gasteiger partial charge in [0.15, 0.2) is 0 Å². The van der Waals surface area contributed by atoms with Crippen LogP contribution in [0.1, 0.15) is 25.7 Å². The topological polar surface area (TPSA) is 54.4 Å². The van der Waals surface area contributed by atoms with Gasteiger partial charge in [-0.3, -0.25) is 9.59 Å². The number of carbonyl (C=O) groups is 2. The summed E-state index contributed by atoms with van der Waals surface area (Å²) in [5, 5.41) is 9.11. The lowest BCUT2D eigenvalue weighted by atomic mass is 9.51. The molecule has 0 aromatic heterocycles. The summed E-state index contributed by atoms with van der Waals surface area (Å²) < 4.78 is 0. The lowest BCUT2D eigenvalue weighted by molar-refractivity contribution is -0.164. The predicted octanol–water partition coefficient (Wildman–Crippen LogP) is 1.32. The average Bonchev–Trinajstić information content (AvgIpc) is 2.12. The molecule has 4 aliphatic rings. The predicted molar refractivity (Wildman–Crippen MR) is 48.6 cm³/mol. The standard InChI is InChI=1S/C11H14O3/c12-10-7-2-5-1-6(4-7)9(11(13)14)8(10)3-5/h5-9H,1-4H2,(H,13,14)/t5-,6-,7-,8-,9+/m1/s1. The number of aliphatic carboxylic acids is 1. The van der Waals surface area contributed by atoms with Gasteiger partial charge in [0.1, 0.15) is 5.78 Å². The molecule has 4 fully saturated rings. The van der Waals surface area contributed by atoms with Gasteiger partial charge in [-0.15, -0.1) is 0 Å². The van der Waals surface area contributed by atoms with Crippen LogP contribution in [-0.4, -0.2) is 16.9 Å². The van der Waals surface area contributed by atoms with E-state index < -0.39 is 5.97 Å². The van der Waals surface area contributed by atoms with Crippen molar-refractivity contribution in [2.75, 3.05) is 0 Å². The Morgan fingerprint density at radius 3 is 2.71 bits per heavy atom. The highest BCUT2D eigenvalue weighted by Crippen LogP contribution is 2.54. The molecule has 4 rings (SSSR count). The monoisotopic (exact) mass is 194 g/mol. The van der Waals surface area contributed by atoms with E-state index in [-0.39, 0.29) is 23.5 Å². The zero-order valence-electron chi connectivity index (χ0n) is 7.98. The second kappa shape index (κ2) is 2.59. The molecule has 0 aromatic carbocycles. The molecule has 0 amide bonds. The first kappa shape index (κ1) is 8.45. The number of carbonyl (C=O) groups excluding carboxylic acids is 1. The van der Waals surface area contributed by atoms with E-state index in [0.717, 1.165) is 25.7 Å². The van der Waals surface area contributed by atoms with Crippen molar-refractivity contribution in [3.05, 3.63) is 0 Å². The Bertz CT molecular complexity index is 310. The highest BCUT2D eigenvalue weighted by atomic mass is 16.4. The Labute approximate surface area is 82.5 Å². The van der Waals surface area contributed by atoms with Gasteiger partial charge in [-0.2, -0.15) is 0 Å². The van der Waals surface area contributed by atoms with Crippen LogP contribution in [0.2, 0.25) is 0 Å². The van der Waals surface area contributed by atoms with Crippen molar-refractivity contribution in [1.29, 1.82) is 0 Å². The molecular formula is C11H14O3. The third kappa shape index (κ3) is 0.928. The van der Waals surface area contributed by atoms with Crippen LogP contribution in [-0.2, 0) is 9.59 Å². The van der Waals surface area contributed by atoms with Gasteiger partial charge < -0.3 is 5.11 Å². The first-order valence-electron chi connectivity index (χ1n) is 5.43. The van der Waals surface area contributed by atoms with Gasteiger partial charge in [0.25, 0.3) is 0 Å². The van der Waals surface area contributed by atoms with Crippen LogP contribution in [0.3, 0.4) is 0 Å². The van der Waals surface area contributed by atoms with Crippen molar-refractivity contribution in [1.82, 2.24) is 0 Å². The molecule has 0 aromatic rings. The minimum absolute atomic E-state index is 0.135. The quantitative estimate of drug-likeness (QED) is 0.685. The normalized spacial score (nSPS) is 49.7. The molecule has 0 saturated heterocycles. The molecule has 0 radical (unpaired) electrons. The van der Waals surface area contributed by atoms with Crippen LogP contribution >= 0.6 is 0 Å². The third-order valence-electron chi connectivity index (χ3n) is 4.42. The van der Waals surface area contributed by atoms with Gasteiger partial charge >= 0.3 is 5.97 Å². The number of carboxylic acids is 1. The Balaban J connectivity index is 1.97. The molecule has 4 aliphatic carbocycles. The van der Waals surface area contributed by atoms with Gasteiger partial charge in [-0.25, -0.2) is 0 Å². The summed E-state index contributed by atoms with van der Waals surface area (Å²) in [5.41, 5.74) is 0. The lowest BCUT2D eigenvalue weighted by Gasteiger charge is -2.51. The molecule has 14 heavy (non-hydrogen) atoms. The van der Waals surface area contributed by atoms with E-state index in [0.29, 0.717) is 11.8 Å². The Kier molecular flexibility index (Phi) is 1.56. The van der Waals surface area contributed by atoms with E-state index >= 15 is 0 Å². The van der Waals surface area contributed by atoms with Crippen molar-refractivity contribution >= 4 is 11.8 Å². The van der Waals surface area contributed by atoms with E-state index in [1.807, 2.05) is 0 Å².